The zero-order chi connectivity index (χ0) is 9.10. The fourth-order valence-electron chi connectivity index (χ4n) is 1.56. The van der Waals surface area contributed by atoms with Gasteiger partial charge in [0, 0.05) is 6.54 Å². The van der Waals surface area contributed by atoms with Crippen LogP contribution in [0.15, 0.2) is 42.5 Å². The Kier molecular flexibility index (Phi) is 3.89. The fourth-order valence-corrected chi connectivity index (χ4v) is 1.56. The maximum atomic E-state index is 5.30. The third-order valence-electron chi connectivity index (χ3n) is 2.17. The van der Waals surface area contributed by atoms with Gasteiger partial charge in [0.25, 0.3) is 0 Å². The van der Waals surface area contributed by atoms with Gasteiger partial charge < -0.3 is 0 Å². The molecular formula is C11H13ClN2. The topological polar surface area (TPSA) is 38.0 Å². The minimum absolute atomic E-state index is 0. The number of nitrogens with two attached hydrogens (primary N) is 1. The van der Waals surface area contributed by atoms with Crippen molar-refractivity contribution in [1.82, 2.24) is 5.43 Å². The lowest BCUT2D eigenvalue weighted by Gasteiger charge is -2.04. The van der Waals surface area contributed by atoms with Crippen molar-refractivity contribution in [3.05, 3.63) is 48.0 Å². The number of hydrogen-bond donors (Lipinski definition) is 2. The van der Waals surface area contributed by atoms with Crippen LogP contribution in [-0.4, -0.2) is 0 Å². The SMILES string of the molecule is Cl.NNCc1cccc2ccccc12. The number of rotatable bonds is 2. The van der Waals surface area contributed by atoms with E-state index in [9.17, 15) is 0 Å². The predicted octanol–water partition coefficient (Wildman–Crippen LogP) is 2.22. The van der Waals surface area contributed by atoms with Crippen LogP contribution in [0.25, 0.3) is 10.8 Å². The lowest BCUT2D eigenvalue weighted by Crippen LogP contribution is -2.20. The van der Waals surface area contributed by atoms with Crippen LogP contribution in [0.3, 0.4) is 0 Å². The number of halogens is 1. The van der Waals surface area contributed by atoms with Crippen LogP contribution in [0, 0.1) is 0 Å². The molecule has 74 valence electrons. The van der Waals surface area contributed by atoms with E-state index in [1.165, 1.54) is 16.3 Å². The van der Waals surface area contributed by atoms with E-state index in [1.807, 2.05) is 12.1 Å². The Morgan fingerprint density at radius 1 is 1.00 bits per heavy atom. The van der Waals surface area contributed by atoms with Crippen LogP contribution < -0.4 is 11.3 Å². The molecule has 0 heterocycles. The molecule has 0 fully saturated rings. The monoisotopic (exact) mass is 208 g/mol. The lowest BCUT2D eigenvalue weighted by molar-refractivity contribution is 0.745. The number of benzene rings is 2. The fraction of sp³-hybridized carbons (Fsp3) is 0.0909. The van der Waals surface area contributed by atoms with E-state index in [0.717, 1.165) is 0 Å². The quantitative estimate of drug-likeness (QED) is 0.587. The molecule has 0 spiro atoms. The summed E-state index contributed by atoms with van der Waals surface area (Å²) in [6, 6.07) is 14.5. The molecule has 3 heteroatoms. The molecule has 0 unspecified atom stereocenters. The van der Waals surface area contributed by atoms with Crippen LogP contribution in [0.2, 0.25) is 0 Å². The van der Waals surface area contributed by atoms with E-state index in [1.54, 1.807) is 0 Å². The molecule has 14 heavy (non-hydrogen) atoms. The molecule has 0 radical (unpaired) electrons. The molecule has 2 aromatic rings. The third kappa shape index (κ3) is 2.04. The summed E-state index contributed by atoms with van der Waals surface area (Å²) in [6.07, 6.45) is 0. The summed E-state index contributed by atoms with van der Waals surface area (Å²) < 4.78 is 0. The first kappa shape index (κ1) is 11.0. The molecule has 2 rings (SSSR count). The highest BCUT2D eigenvalue weighted by molar-refractivity contribution is 5.85. The van der Waals surface area contributed by atoms with E-state index in [2.05, 4.69) is 35.8 Å². The van der Waals surface area contributed by atoms with Gasteiger partial charge in [-0.2, -0.15) is 0 Å². The number of fused-ring (bicyclic) bond motifs is 1. The number of hydrazine groups is 1. The molecule has 0 saturated heterocycles. The van der Waals surface area contributed by atoms with Gasteiger partial charge >= 0.3 is 0 Å². The average molecular weight is 209 g/mol. The Bertz CT molecular complexity index is 409. The third-order valence-corrected chi connectivity index (χ3v) is 2.17. The summed E-state index contributed by atoms with van der Waals surface area (Å²) >= 11 is 0. The Morgan fingerprint density at radius 3 is 2.50 bits per heavy atom. The van der Waals surface area contributed by atoms with Gasteiger partial charge in [0.2, 0.25) is 0 Å². The van der Waals surface area contributed by atoms with Crippen molar-refractivity contribution < 1.29 is 0 Å². The standard InChI is InChI=1S/C11H12N2.ClH/c12-13-8-10-6-3-5-9-4-1-2-7-11(9)10;/h1-7,13H,8,12H2;1H. The predicted molar refractivity (Wildman–Crippen MR) is 62.2 cm³/mol. The molecule has 3 N–H and O–H groups in total. The second-order valence-electron chi connectivity index (χ2n) is 3.02. The minimum Gasteiger partial charge on any atom is -0.271 e. The van der Waals surface area contributed by atoms with Crippen LogP contribution in [-0.2, 0) is 6.54 Å². The van der Waals surface area contributed by atoms with Crippen molar-refractivity contribution in [3.8, 4) is 0 Å². The summed E-state index contributed by atoms with van der Waals surface area (Å²) in [4.78, 5) is 0. The molecule has 2 aromatic carbocycles. The van der Waals surface area contributed by atoms with Gasteiger partial charge in [-0.25, -0.2) is 0 Å². The maximum absolute atomic E-state index is 5.30. The maximum Gasteiger partial charge on any atom is 0.0354 e. The van der Waals surface area contributed by atoms with Crippen molar-refractivity contribution in [2.24, 2.45) is 5.84 Å². The van der Waals surface area contributed by atoms with E-state index < -0.39 is 0 Å². The van der Waals surface area contributed by atoms with Crippen molar-refractivity contribution in [3.63, 3.8) is 0 Å². The summed E-state index contributed by atoms with van der Waals surface area (Å²) in [5.74, 6) is 5.30. The van der Waals surface area contributed by atoms with Crippen molar-refractivity contribution in [2.45, 2.75) is 6.54 Å². The lowest BCUT2D eigenvalue weighted by atomic mass is 10.1. The molecule has 0 aliphatic rings. The summed E-state index contributed by atoms with van der Waals surface area (Å²) in [6.45, 7) is 0.710. The highest BCUT2D eigenvalue weighted by atomic mass is 35.5. The number of nitrogens with one attached hydrogen (secondary N) is 1. The van der Waals surface area contributed by atoms with Crippen LogP contribution in [0.5, 0.6) is 0 Å². The first-order chi connectivity index (χ1) is 6.42. The minimum atomic E-state index is 0. The molecule has 0 atom stereocenters. The normalized spacial score (nSPS) is 9.79. The van der Waals surface area contributed by atoms with Gasteiger partial charge in [0.15, 0.2) is 0 Å². The van der Waals surface area contributed by atoms with Crippen molar-refractivity contribution >= 4 is 23.2 Å². The van der Waals surface area contributed by atoms with E-state index in [0.29, 0.717) is 6.54 Å². The average Bonchev–Trinajstić information content (AvgIpc) is 2.19. The highest BCUT2D eigenvalue weighted by Crippen LogP contribution is 2.17. The van der Waals surface area contributed by atoms with E-state index >= 15 is 0 Å². The molecule has 0 bridgehead atoms. The van der Waals surface area contributed by atoms with Gasteiger partial charge in [0.05, 0.1) is 0 Å². The molecular weight excluding hydrogens is 196 g/mol. The van der Waals surface area contributed by atoms with E-state index in [4.69, 9.17) is 5.84 Å². The van der Waals surface area contributed by atoms with Crippen LogP contribution in [0.1, 0.15) is 5.56 Å². The Balaban J connectivity index is 0.000000980. The Morgan fingerprint density at radius 2 is 1.71 bits per heavy atom. The van der Waals surface area contributed by atoms with Gasteiger partial charge in [-0.1, -0.05) is 42.5 Å². The molecule has 2 nitrogen and oxygen atoms in total. The van der Waals surface area contributed by atoms with Crippen molar-refractivity contribution in [1.29, 1.82) is 0 Å². The highest BCUT2D eigenvalue weighted by Gasteiger charge is 1.97. The molecule has 0 aliphatic heterocycles. The zero-order valence-electron chi connectivity index (χ0n) is 7.73. The molecule has 0 amide bonds. The van der Waals surface area contributed by atoms with Crippen molar-refractivity contribution in [2.75, 3.05) is 0 Å². The first-order valence-electron chi connectivity index (χ1n) is 4.32. The first-order valence-corrected chi connectivity index (χ1v) is 4.32. The largest absolute Gasteiger partial charge is 0.271 e. The molecule has 0 saturated carbocycles. The second-order valence-corrected chi connectivity index (χ2v) is 3.02. The van der Waals surface area contributed by atoms with Gasteiger partial charge in [-0.05, 0) is 16.3 Å². The smallest absolute Gasteiger partial charge is 0.0354 e. The van der Waals surface area contributed by atoms with Crippen LogP contribution >= 0.6 is 12.4 Å². The Labute approximate surface area is 89.5 Å². The molecule has 0 aliphatic carbocycles. The molecule has 0 aromatic heterocycles. The summed E-state index contributed by atoms with van der Waals surface area (Å²) in [5, 5.41) is 2.53. The zero-order valence-corrected chi connectivity index (χ0v) is 8.55. The van der Waals surface area contributed by atoms with Gasteiger partial charge in [-0.3, -0.25) is 11.3 Å². The van der Waals surface area contributed by atoms with Gasteiger partial charge in [-0.15, -0.1) is 12.4 Å². The summed E-state index contributed by atoms with van der Waals surface area (Å²) in [7, 11) is 0. The Hall–Kier alpha value is -1.09. The van der Waals surface area contributed by atoms with E-state index in [-0.39, 0.29) is 12.4 Å². The van der Waals surface area contributed by atoms with Crippen LogP contribution in [0.4, 0.5) is 0 Å². The summed E-state index contributed by atoms with van der Waals surface area (Å²) in [5.41, 5.74) is 3.91. The number of hydrogen-bond acceptors (Lipinski definition) is 2. The second kappa shape index (κ2) is 4.96. The van der Waals surface area contributed by atoms with Gasteiger partial charge in [0.1, 0.15) is 0 Å².